The SMILES string of the molecule is CCc1nc(N)sc1C(=O)N1CCC(c2cc(OC)ccc2OC)C1. The number of hydrogen-bond donors (Lipinski definition) is 1. The molecule has 0 radical (unpaired) electrons. The maximum Gasteiger partial charge on any atom is 0.265 e. The van der Waals surface area contributed by atoms with Gasteiger partial charge in [-0.25, -0.2) is 4.98 Å². The van der Waals surface area contributed by atoms with Crippen molar-refractivity contribution in [2.75, 3.05) is 33.0 Å². The highest BCUT2D eigenvalue weighted by molar-refractivity contribution is 7.17. The number of methoxy groups -OCH3 is 2. The van der Waals surface area contributed by atoms with Crippen LogP contribution in [0.25, 0.3) is 0 Å². The summed E-state index contributed by atoms with van der Waals surface area (Å²) in [6, 6.07) is 5.80. The smallest absolute Gasteiger partial charge is 0.265 e. The number of anilines is 1. The van der Waals surface area contributed by atoms with Crippen LogP contribution in [0.3, 0.4) is 0 Å². The predicted molar refractivity (Wildman–Crippen MR) is 98.7 cm³/mol. The van der Waals surface area contributed by atoms with Crippen molar-refractivity contribution in [2.24, 2.45) is 0 Å². The number of rotatable bonds is 5. The Labute approximate surface area is 151 Å². The van der Waals surface area contributed by atoms with Crippen LogP contribution in [-0.2, 0) is 6.42 Å². The Kier molecular flexibility index (Phi) is 5.13. The lowest BCUT2D eigenvalue weighted by Crippen LogP contribution is -2.28. The van der Waals surface area contributed by atoms with E-state index < -0.39 is 0 Å². The van der Waals surface area contributed by atoms with Crippen LogP contribution in [0.15, 0.2) is 18.2 Å². The van der Waals surface area contributed by atoms with Crippen LogP contribution in [0.5, 0.6) is 11.5 Å². The number of nitrogens with two attached hydrogens (primary N) is 1. The van der Waals surface area contributed by atoms with Gasteiger partial charge in [-0.15, -0.1) is 0 Å². The first kappa shape index (κ1) is 17.5. The van der Waals surface area contributed by atoms with Crippen molar-refractivity contribution in [3.05, 3.63) is 34.3 Å². The average molecular weight is 361 g/mol. The van der Waals surface area contributed by atoms with E-state index >= 15 is 0 Å². The molecular formula is C18H23N3O3S. The van der Waals surface area contributed by atoms with Gasteiger partial charge in [-0.3, -0.25) is 4.79 Å². The molecule has 134 valence electrons. The molecule has 2 aromatic rings. The third-order valence-electron chi connectivity index (χ3n) is 4.60. The van der Waals surface area contributed by atoms with Gasteiger partial charge in [0.25, 0.3) is 5.91 Å². The van der Waals surface area contributed by atoms with Crippen molar-refractivity contribution in [3.63, 3.8) is 0 Å². The zero-order chi connectivity index (χ0) is 18.0. The van der Waals surface area contributed by atoms with E-state index in [2.05, 4.69) is 4.98 Å². The largest absolute Gasteiger partial charge is 0.497 e. The van der Waals surface area contributed by atoms with Gasteiger partial charge in [0.15, 0.2) is 5.13 Å². The molecule has 1 aromatic heterocycles. The molecule has 1 aliphatic rings. The first-order chi connectivity index (χ1) is 12.1. The third kappa shape index (κ3) is 3.42. The van der Waals surface area contributed by atoms with Crippen molar-refractivity contribution in [1.82, 2.24) is 9.88 Å². The number of aromatic nitrogens is 1. The Morgan fingerprint density at radius 2 is 2.20 bits per heavy atom. The molecule has 0 bridgehead atoms. The van der Waals surface area contributed by atoms with E-state index in [0.717, 1.165) is 29.2 Å². The highest BCUT2D eigenvalue weighted by Crippen LogP contribution is 2.37. The molecule has 7 heteroatoms. The van der Waals surface area contributed by atoms with Gasteiger partial charge in [-0.1, -0.05) is 18.3 Å². The summed E-state index contributed by atoms with van der Waals surface area (Å²) < 4.78 is 10.8. The monoisotopic (exact) mass is 361 g/mol. The number of carbonyl (C=O) groups excluding carboxylic acids is 1. The molecule has 2 heterocycles. The van der Waals surface area contributed by atoms with Gasteiger partial charge in [-0.05, 0) is 31.0 Å². The lowest BCUT2D eigenvalue weighted by molar-refractivity contribution is 0.0794. The van der Waals surface area contributed by atoms with Crippen LogP contribution in [0.1, 0.15) is 40.2 Å². The van der Waals surface area contributed by atoms with Crippen LogP contribution >= 0.6 is 11.3 Å². The van der Waals surface area contributed by atoms with Crippen LogP contribution in [0.4, 0.5) is 5.13 Å². The fraction of sp³-hybridized carbons (Fsp3) is 0.444. The highest BCUT2D eigenvalue weighted by Gasteiger charge is 2.31. The number of amides is 1. The van der Waals surface area contributed by atoms with Crippen LogP contribution in [0.2, 0.25) is 0 Å². The minimum Gasteiger partial charge on any atom is -0.497 e. The van der Waals surface area contributed by atoms with E-state index in [9.17, 15) is 4.79 Å². The molecule has 1 saturated heterocycles. The number of nitrogens with zero attached hydrogens (tertiary/aromatic N) is 2. The lowest BCUT2D eigenvalue weighted by atomic mass is 9.97. The van der Waals surface area contributed by atoms with Crippen molar-refractivity contribution < 1.29 is 14.3 Å². The van der Waals surface area contributed by atoms with Crippen LogP contribution < -0.4 is 15.2 Å². The van der Waals surface area contributed by atoms with Gasteiger partial charge < -0.3 is 20.1 Å². The number of aryl methyl sites for hydroxylation is 1. The minimum atomic E-state index is 0.0235. The zero-order valence-electron chi connectivity index (χ0n) is 14.7. The molecule has 1 aromatic carbocycles. The van der Waals surface area contributed by atoms with Gasteiger partial charge >= 0.3 is 0 Å². The van der Waals surface area contributed by atoms with Crippen LogP contribution in [0, 0.1) is 0 Å². The van der Waals surface area contributed by atoms with Gasteiger partial charge in [0, 0.05) is 24.6 Å². The van der Waals surface area contributed by atoms with Crippen LogP contribution in [-0.4, -0.2) is 43.1 Å². The van der Waals surface area contributed by atoms with Crippen molar-refractivity contribution in [3.8, 4) is 11.5 Å². The zero-order valence-corrected chi connectivity index (χ0v) is 15.6. The molecule has 2 N–H and O–H groups in total. The van der Waals surface area contributed by atoms with E-state index in [4.69, 9.17) is 15.2 Å². The lowest BCUT2D eigenvalue weighted by Gasteiger charge is -2.18. The average Bonchev–Trinajstić information content (AvgIpc) is 3.27. The summed E-state index contributed by atoms with van der Waals surface area (Å²) >= 11 is 1.28. The Morgan fingerprint density at radius 3 is 2.88 bits per heavy atom. The molecule has 3 rings (SSSR count). The van der Waals surface area contributed by atoms with Gasteiger partial charge in [0.05, 0.1) is 19.9 Å². The second-order valence-corrected chi connectivity index (χ2v) is 7.06. The molecule has 1 atom stereocenters. The summed E-state index contributed by atoms with van der Waals surface area (Å²) in [6.45, 7) is 3.35. The number of carbonyl (C=O) groups is 1. The molecule has 25 heavy (non-hydrogen) atoms. The maximum absolute atomic E-state index is 12.9. The second-order valence-electron chi connectivity index (χ2n) is 6.03. The molecule has 0 saturated carbocycles. The van der Waals surface area contributed by atoms with Crippen molar-refractivity contribution in [2.45, 2.75) is 25.7 Å². The topological polar surface area (TPSA) is 77.7 Å². The number of likely N-dealkylation sites (tertiary alicyclic amines) is 1. The summed E-state index contributed by atoms with van der Waals surface area (Å²) in [7, 11) is 3.31. The standard InChI is InChI=1S/C18H23N3O3S/c1-4-14-16(25-18(19)20-14)17(22)21-8-7-11(10-21)13-9-12(23-2)5-6-15(13)24-3/h5-6,9,11H,4,7-8,10H2,1-3H3,(H2,19,20). The van der Waals surface area contributed by atoms with Gasteiger partial charge in [0.2, 0.25) is 0 Å². The first-order valence-corrected chi connectivity index (χ1v) is 9.15. The van der Waals surface area contributed by atoms with Gasteiger partial charge in [-0.2, -0.15) is 0 Å². The van der Waals surface area contributed by atoms with E-state index in [-0.39, 0.29) is 11.8 Å². The molecule has 1 fully saturated rings. The summed E-state index contributed by atoms with van der Waals surface area (Å²) in [5.74, 6) is 1.88. The first-order valence-electron chi connectivity index (χ1n) is 8.33. The Bertz CT molecular complexity index is 775. The number of nitrogen functional groups attached to an aromatic ring is 1. The minimum absolute atomic E-state index is 0.0235. The highest BCUT2D eigenvalue weighted by atomic mass is 32.1. The van der Waals surface area contributed by atoms with E-state index in [0.29, 0.717) is 29.5 Å². The molecule has 1 aliphatic heterocycles. The van der Waals surface area contributed by atoms with Crippen molar-refractivity contribution in [1.29, 1.82) is 0 Å². The quantitative estimate of drug-likeness (QED) is 0.886. The van der Waals surface area contributed by atoms with E-state index in [1.807, 2.05) is 30.0 Å². The summed E-state index contributed by atoms with van der Waals surface area (Å²) in [5.41, 5.74) is 7.65. The number of benzene rings is 1. The number of hydrogen-bond acceptors (Lipinski definition) is 6. The summed E-state index contributed by atoms with van der Waals surface area (Å²) in [5, 5.41) is 0.449. The fourth-order valence-electron chi connectivity index (χ4n) is 3.28. The molecule has 6 nitrogen and oxygen atoms in total. The van der Waals surface area contributed by atoms with Crippen molar-refractivity contribution >= 4 is 22.4 Å². The Morgan fingerprint density at radius 1 is 1.40 bits per heavy atom. The molecule has 0 spiro atoms. The number of thiazole rings is 1. The fourth-order valence-corrected chi connectivity index (χ4v) is 4.17. The maximum atomic E-state index is 12.9. The summed E-state index contributed by atoms with van der Waals surface area (Å²) in [6.07, 6.45) is 1.60. The second kappa shape index (κ2) is 7.31. The third-order valence-corrected chi connectivity index (χ3v) is 5.51. The normalized spacial score (nSPS) is 16.9. The molecule has 1 unspecified atom stereocenters. The number of ether oxygens (including phenoxy) is 2. The van der Waals surface area contributed by atoms with E-state index in [1.54, 1.807) is 14.2 Å². The Hall–Kier alpha value is -2.28. The van der Waals surface area contributed by atoms with Gasteiger partial charge in [0.1, 0.15) is 16.4 Å². The molecule has 0 aliphatic carbocycles. The molecule has 1 amide bonds. The summed E-state index contributed by atoms with van der Waals surface area (Å²) in [4.78, 5) is 19.7. The molecular weight excluding hydrogens is 338 g/mol. The Balaban J connectivity index is 1.81. The predicted octanol–water partition coefficient (Wildman–Crippen LogP) is 2.93. The van der Waals surface area contributed by atoms with E-state index in [1.165, 1.54) is 11.3 Å².